The normalized spacial score (nSPS) is 10.2. The van der Waals surface area contributed by atoms with Crippen LogP contribution in [0.25, 0.3) is 0 Å². The second kappa shape index (κ2) is 6.74. The standard InChI is InChI=1S/C16H18N2O3/c1-11-3-4-14(12(2)9-11)18-16(20)15(19)17-7-5-13-6-8-21-10-13/h3-4,6,8-10H,5,7H2,1-2H3,(H,17,19)(H,18,20). The van der Waals surface area contributed by atoms with E-state index in [1.54, 1.807) is 18.6 Å². The van der Waals surface area contributed by atoms with Crippen LogP contribution in [0.4, 0.5) is 5.69 Å². The minimum atomic E-state index is -0.658. The smallest absolute Gasteiger partial charge is 0.313 e. The van der Waals surface area contributed by atoms with E-state index >= 15 is 0 Å². The predicted octanol–water partition coefficient (Wildman–Crippen LogP) is 2.19. The Bertz CT molecular complexity index is 633. The van der Waals surface area contributed by atoms with Gasteiger partial charge in [0.15, 0.2) is 0 Å². The first-order chi connectivity index (χ1) is 10.1. The van der Waals surface area contributed by atoms with Gasteiger partial charge in [0.2, 0.25) is 0 Å². The summed E-state index contributed by atoms with van der Waals surface area (Å²) in [5, 5.41) is 5.19. The molecular formula is C16H18N2O3. The van der Waals surface area contributed by atoms with Gasteiger partial charge in [0.25, 0.3) is 0 Å². The summed E-state index contributed by atoms with van der Waals surface area (Å²) in [6.07, 6.45) is 3.81. The van der Waals surface area contributed by atoms with E-state index in [9.17, 15) is 9.59 Å². The monoisotopic (exact) mass is 286 g/mol. The molecule has 5 nitrogen and oxygen atoms in total. The Balaban J connectivity index is 1.83. The van der Waals surface area contributed by atoms with Gasteiger partial charge >= 0.3 is 11.8 Å². The lowest BCUT2D eigenvalue weighted by Crippen LogP contribution is -2.36. The molecule has 2 rings (SSSR count). The third kappa shape index (κ3) is 4.21. The number of rotatable bonds is 4. The van der Waals surface area contributed by atoms with Crippen molar-refractivity contribution in [3.8, 4) is 0 Å². The molecule has 0 radical (unpaired) electrons. The highest BCUT2D eigenvalue weighted by molar-refractivity contribution is 6.39. The first-order valence-electron chi connectivity index (χ1n) is 6.74. The fraction of sp³-hybridized carbons (Fsp3) is 0.250. The second-order valence-electron chi connectivity index (χ2n) is 4.91. The Morgan fingerprint density at radius 3 is 2.62 bits per heavy atom. The Morgan fingerprint density at radius 2 is 1.95 bits per heavy atom. The maximum Gasteiger partial charge on any atom is 0.313 e. The zero-order valence-corrected chi connectivity index (χ0v) is 12.1. The average molecular weight is 286 g/mol. The Hall–Kier alpha value is -2.56. The molecule has 21 heavy (non-hydrogen) atoms. The molecule has 1 aromatic carbocycles. The fourth-order valence-electron chi connectivity index (χ4n) is 1.97. The maximum absolute atomic E-state index is 11.8. The summed E-state index contributed by atoms with van der Waals surface area (Å²) < 4.78 is 4.93. The van der Waals surface area contributed by atoms with Gasteiger partial charge in [-0.2, -0.15) is 0 Å². The summed E-state index contributed by atoms with van der Waals surface area (Å²) in [6, 6.07) is 7.45. The van der Waals surface area contributed by atoms with Gasteiger partial charge in [-0.3, -0.25) is 9.59 Å². The van der Waals surface area contributed by atoms with Gasteiger partial charge < -0.3 is 15.1 Å². The summed E-state index contributed by atoms with van der Waals surface area (Å²) in [7, 11) is 0. The topological polar surface area (TPSA) is 71.3 Å². The molecule has 0 spiro atoms. The predicted molar refractivity (Wildman–Crippen MR) is 80.0 cm³/mol. The number of anilines is 1. The van der Waals surface area contributed by atoms with Gasteiger partial charge in [-0.05, 0) is 43.5 Å². The molecule has 1 heterocycles. The highest BCUT2D eigenvalue weighted by Gasteiger charge is 2.14. The van der Waals surface area contributed by atoms with Gasteiger partial charge in [-0.25, -0.2) is 0 Å². The second-order valence-corrected chi connectivity index (χ2v) is 4.91. The summed E-state index contributed by atoms with van der Waals surface area (Å²) in [6.45, 7) is 4.25. The van der Waals surface area contributed by atoms with E-state index in [1.165, 1.54) is 0 Å². The molecule has 0 bridgehead atoms. The molecule has 5 heteroatoms. The molecule has 0 saturated heterocycles. The number of carbonyl (C=O) groups is 2. The van der Waals surface area contributed by atoms with E-state index in [1.807, 2.05) is 32.0 Å². The van der Waals surface area contributed by atoms with E-state index in [-0.39, 0.29) is 0 Å². The van der Waals surface area contributed by atoms with Crippen LogP contribution in [0.1, 0.15) is 16.7 Å². The molecule has 0 aliphatic carbocycles. The van der Waals surface area contributed by atoms with Crippen LogP contribution < -0.4 is 10.6 Å². The van der Waals surface area contributed by atoms with Crippen LogP contribution in [0.2, 0.25) is 0 Å². The number of hydrogen-bond donors (Lipinski definition) is 2. The molecule has 0 unspecified atom stereocenters. The lowest BCUT2D eigenvalue weighted by atomic mass is 10.1. The third-order valence-corrected chi connectivity index (χ3v) is 3.12. The molecule has 0 aliphatic heterocycles. The number of aryl methyl sites for hydroxylation is 2. The third-order valence-electron chi connectivity index (χ3n) is 3.12. The van der Waals surface area contributed by atoms with Crippen molar-refractivity contribution in [3.63, 3.8) is 0 Å². The maximum atomic E-state index is 11.8. The van der Waals surface area contributed by atoms with E-state index in [4.69, 9.17) is 4.42 Å². The molecule has 1 aromatic heterocycles. The quantitative estimate of drug-likeness (QED) is 0.846. The summed E-state index contributed by atoms with van der Waals surface area (Å²) in [4.78, 5) is 23.5. The summed E-state index contributed by atoms with van der Waals surface area (Å²) >= 11 is 0. The van der Waals surface area contributed by atoms with Gasteiger partial charge in [0.05, 0.1) is 12.5 Å². The van der Waals surface area contributed by atoms with Crippen molar-refractivity contribution >= 4 is 17.5 Å². The number of furan rings is 1. The first-order valence-corrected chi connectivity index (χ1v) is 6.74. The van der Waals surface area contributed by atoms with Crippen molar-refractivity contribution in [2.75, 3.05) is 11.9 Å². The van der Waals surface area contributed by atoms with Crippen LogP contribution in [0.5, 0.6) is 0 Å². The van der Waals surface area contributed by atoms with E-state index < -0.39 is 11.8 Å². The zero-order chi connectivity index (χ0) is 15.2. The van der Waals surface area contributed by atoms with Gasteiger partial charge in [-0.15, -0.1) is 0 Å². The average Bonchev–Trinajstić information content (AvgIpc) is 2.95. The van der Waals surface area contributed by atoms with Crippen LogP contribution in [-0.4, -0.2) is 18.4 Å². The molecule has 2 N–H and O–H groups in total. The number of amides is 2. The highest BCUT2D eigenvalue weighted by atomic mass is 16.3. The number of hydrogen-bond acceptors (Lipinski definition) is 3. The zero-order valence-electron chi connectivity index (χ0n) is 12.1. The largest absolute Gasteiger partial charge is 0.472 e. The fourth-order valence-corrected chi connectivity index (χ4v) is 1.97. The highest BCUT2D eigenvalue weighted by Crippen LogP contribution is 2.15. The molecule has 0 saturated carbocycles. The Morgan fingerprint density at radius 1 is 1.14 bits per heavy atom. The lowest BCUT2D eigenvalue weighted by Gasteiger charge is -2.09. The van der Waals surface area contributed by atoms with Crippen molar-refractivity contribution in [2.24, 2.45) is 0 Å². The molecule has 0 fully saturated rings. The van der Waals surface area contributed by atoms with Crippen LogP contribution in [0.3, 0.4) is 0 Å². The lowest BCUT2D eigenvalue weighted by molar-refractivity contribution is -0.136. The molecule has 110 valence electrons. The first kappa shape index (κ1) is 14.8. The Kier molecular flexibility index (Phi) is 4.77. The minimum Gasteiger partial charge on any atom is -0.472 e. The van der Waals surface area contributed by atoms with Crippen molar-refractivity contribution in [1.29, 1.82) is 0 Å². The SMILES string of the molecule is Cc1ccc(NC(=O)C(=O)NCCc2ccoc2)c(C)c1. The Labute approximate surface area is 123 Å². The van der Waals surface area contributed by atoms with Crippen LogP contribution in [0.15, 0.2) is 41.2 Å². The van der Waals surface area contributed by atoms with Crippen LogP contribution in [-0.2, 0) is 16.0 Å². The van der Waals surface area contributed by atoms with Gasteiger partial charge in [-0.1, -0.05) is 17.7 Å². The molecule has 0 atom stereocenters. The van der Waals surface area contributed by atoms with Crippen molar-refractivity contribution in [2.45, 2.75) is 20.3 Å². The summed E-state index contributed by atoms with van der Waals surface area (Å²) in [5.41, 5.74) is 3.66. The molecule has 2 aromatic rings. The number of benzene rings is 1. The number of carbonyl (C=O) groups excluding carboxylic acids is 2. The van der Waals surface area contributed by atoms with E-state index in [2.05, 4.69) is 10.6 Å². The van der Waals surface area contributed by atoms with Crippen LogP contribution in [0, 0.1) is 13.8 Å². The van der Waals surface area contributed by atoms with Crippen molar-refractivity contribution in [3.05, 3.63) is 53.5 Å². The minimum absolute atomic E-state index is 0.388. The van der Waals surface area contributed by atoms with Crippen molar-refractivity contribution < 1.29 is 14.0 Å². The van der Waals surface area contributed by atoms with E-state index in [0.29, 0.717) is 18.7 Å². The molecular weight excluding hydrogens is 268 g/mol. The van der Waals surface area contributed by atoms with E-state index in [0.717, 1.165) is 16.7 Å². The number of nitrogens with one attached hydrogen (secondary N) is 2. The van der Waals surface area contributed by atoms with Gasteiger partial charge in [0.1, 0.15) is 0 Å². The van der Waals surface area contributed by atoms with Crippen LogP contribution >= 0.6 is 0 Å². The van der Waals surface area contributed by atoms with Crippen molar-refractivity contribution in [1.82, 2.24) is 5.32 Å². The van der Waals surface area contributed by atoms with Gasteiger partial charge in [0, 0.05) is 12.2 Å². The molecule has 2 amide bonds. The summed E-state index contributed by atoms with van der Waals surface area (Å²) in [5.74, 6) is -1.30. The molecule has 0 aliphatic rings.